The molecule has 3 nitrogen and oxygen atoms in total. The Bertz CT molecular complexity index is 894. The molecular formula is C19H12BBr3O3. The smallest absolute Gasteiger partial charge is 0.490 e. The Labute approximate surface area is 177 Å². The summed E-state index contributed by atoms with van der Waals surface area (Å²) in [6.07, 6.45) is 0.703. The van der Waals surface area contributed by atoms with Crippen LogP contribution in [0.25, 0.3) is 0 Å². The first-order chi connectivity index (χ1) is 12.6. The highest BCUT2D eigenvalue weighted by molar-refractivity contribution is 9.11. The molecule has 0 radical (unpaired) electrons. The lowest BCUT2D eigenvalue weighted by Gasteiger charge is -2.23. The van der Waals surface area contributed by atoms with Gasteiger partial charge in [0.05, 0.1) is 0 Å². The quantitative estimate of drug-likeness (QED) is 0.354. The van der Waals surface area contributed by atoms with Gasteiger partial charge in [-0.25, -0.2) is 0 Å². The second-order valence-electron chi connectivity index (χ2n) is 5.78. The second-order valence-corrected chi connectivity index (χ2v) is 8.52. The van der Waals surface area contributed by atoms with E-state index in [4.69, 9.17) is 14.0 Å². The molecule has 130 valence electrons. The summed E-state index contributed by atoms with van der Waals surface area (Å²) < 4.78 is 21.0. The summed E-state index contributed by atoms with van der Waals surface area (Å²) in [5.41, 5.74) is 2.12. The van der Waals surface area contributed by atoms with Crippen molar-refractivity contribution in [2.45, 2.75) is 6.42 Å². The van der Waals surface area contributed by atoms with Crippen molar-refractivity contribution in [1.29, 1.82) is 0 Å². The van der Waals surface area contributed by atoms with Crippen LogP contribution in [-0.2, 0) is 6.42 Å². The molecule has 26 heavy (non-hydrogen) atoms. The Morgan fingerprint density at radius 3 is 1.73 bits per heavy atom. The van der Waals surface area contributed by atoms with Crippen LogP contribution < -0.4 is 14.0 Å². The van der Waals surface area contributed by atoms with Crippen molar-refractivity contribution < 1.29 is 14.0 Å². The standard InChI is InChI=1S/C19H12BBr3O3/c21-14-1-5-17(6-2-14)24-20-25-18-7-3-15(22)10-12(18)9-13-11-16(23)4-8-19(13)26-20/h1-8,10-11H,9H2. The zero-order valence-corrected chi connectivity index (χ0v) is 18.2. The van der Waals surface area contributed by atoms with Crippen LogP contribution in [0, 0.1) is 0 Å². The van der Waals surface area contributed by atoms with Gasteiger partial charge < -0.3 is 14.0 Å². The number of fused-ring (bicyclic) bond motifs is 2. The molecular weight excluding hydrogens is 527 g/mol. The Balaban J connectivity index is 1.72. The second kappa shape index (κ2) is 7.67. The van der Waals surface area contributed by atoms with Gasteiger partial charge in [-0.2, -0.15) is 0 Å². The molecule has 0 unspecified atom stereocenters. The molecule has 0 amide bonds. The number of hydrogen-bond donors (Lipinski definition) is 0. The molecule has 7 heteroatoms. The third-order valence-corrected chi connectivity index (χ3v) is 5.43. The van der Waals surface area contributed by atoms with E-state index < -0.39 is 7.32 Å². The topological polar surface area (TPSA) is 27.7 Å². The van der Waals surface area contributed by atoms with Gasteiger partial charge in [0.2, 0.25) is 0 Å². The SMILES string of the molecule is Brc1ccc(OB2Oc3ccc(Br)cc3Cc3cc(Br)ccc3O2)cc1. The summed E-state index contributed by atoms with van der Waals surface area (Å²) in [5, 5.41) is 0. The molecule has 3 aromatic carbocycles. The maximum Gasteiger partial charge on any atom is 0.864 e. The molecule has 0 N–H and O–H groups in total. The average Bonchev–Trinajstić information content (AvgIpc) is 2.60. The van der Waals surface area contributed by atoms with Gasteiger partial charge in [-0.05, 0) is 71.8 Å². The van der Waals surface area contributed by atoms with E-state index in [1.54, 1.807) is 0 Å². The molecule has 0 atom stereocenters. The molecule has 1 aliphatic rings. The van der Waals surface area contributed by atoms with E-state index in [0.717, 1.165) is 36.0 Å². The van der Waals surface area contributed by atoms with Crippen LogP contribution in [-0.4, -0.2) is 7.32 Å². The molecule has 0 saturated heterocycles. The van der Waals surface area contributed by atoms with Gasteiger partial charge in [0, 0.05) is 19.8 Å². The zero-order valence-electron chi connectivity index (χ0n) is 13.4. The van der Waals surface area contributed by atoms with E-state index >= 15 is 0 Å². The minimum Gasteiger partial charge on any atom is -0.490 e. The van der Waals surface area contributed by atoms with E-state index in [2.05, 4.69) is 59.9 Å². The van der Waals surface area contributed by atoms with E-state index in [9.17, 15) is 0 Å². The molecule has 0 saturated carbocycles. The fourth-order valence-electron chi connectivity index (χ4n) is 2.71. The first kappa shape index (κ1) is 18.0. The normalized spacial score (nSPS) is 12.8. The van der Waals surface area contributed by atoms with E-state index in [-0.39, 0.29) is 0 Å². The fraction of sp³-hybridized carbons (Fsp3) is 0.0526. The Hall–Kier alpha value is -1.44. The average molecular weight is 539 g/mol. The number of benzene rings is 3. The van der Waals surface area contributed by atoms with Gasteiger partial charge in [-0.15, -0.1) is 0 Å². The van der Waals surface area contributed by atoms with Gasteiger partial charge >= 0.3 is 7.32 Å². The van der Waals surface area contributed by atoms with Crippen molar-refractivity contribution >= 4 is 55.1 Å². The zero-order chi connectivity index (χ0) is 18.1. The van der Waals surface area contributed by atoms with Crippen molar-refractivity contribution in [3.8, 4) is 17.2 Å². The van der Waals surface area contributed by atoms with E-state index in [1.807, 2.05) is 48.5 Å². The van der Waals surface area contributed by atoms with Gasteiger partial charge in [0.1, 0.15) is 17.2 Å². The first-order valence-electron chi connectivity index (χ1n) is 7.89. The lowest BCUT2D eigenvalue weighted by molar-refractivity contribution is 0.302. The van der Waals surface area contributed by atoms with E-state index in [1.165, 1.54) is 0 Å². The molecule has 0 aliphatic carbocycles. The van der Waals surface area contributed by atoms with E-state index in [0.29, 0.717) is 12.2 Å². The van der Waals surface area contributed by atoms with Crippen molar-refractivity contribution in [3.05, 3.63) is 85.2 Å². The fourth-order valence-corrected chi connectivity index (χ4v) is 3.79. The summed E-state index contributed by atoms with van der Waals surface area (Å²) in [4.78, 5) is 0. The Kier molecular flexibility index (Phi) is 5.29. The van der Waals surface area contributed by atoms with Crippen molar-refractivity contribution in [2.75, 3.05) is 0 Å². The number of hydrogen-bond acceptors (Lipinski definition) is 3. The van der Waals surface area contributed by atoms with Crippen LogP contribution in [0.15, 0.2) is 74.1 Å². The number of rotatable bonds is 2. The highest BCUT2D eigenvalue weighted by Gasteiger charge is 2.33. The van der Waals surface area contributed by atoms with Gasteiger partial charge in [0.15, 0.2) is 0 Å². The monoisotopic (exact) mass is 536 g/mol. The Morgan fingerprint density at radius 1 is 0.692 bits per heavy atom. The van der Waals surface area contributed by atoms with Crippen LogP contribution in [0.5, 0.6) is 17.2 Å². The molecule has 0 bridgehead atoms. The summed E-state index contributed by atoms with van der Waals surface area (Å²) in [6.45, 7) is 0. The molecule has 4 rings (SSSR count). The third-order valence-electron chi connectivity index (χ3n) is 3.92. The van der Waals surface area contributed by atoms with Crippen molar-refractivity contribution in [3.63, 3.8) is 0 Å². The maximum absolute atomic E-state index is 6.02. The lowest BCUT2D eigenvalue weighted by atomic mass is 10.0. The molecule has 1 aliphatic heterocycles. The van der Waals surface area contributed by atoms with Crippen LogP contribution in [0.1, 0.15) is 11.1 Å². The van der Waals surface area contributed by atoms with Crippen LogP contribution >= 0.6 is 47.8 Å². The minimum absolute atomic E-state index is 0.663. The van der Waals surface area contributed by atoms with Crippen molar-refractivity contribution in [2.24, 2.45) is 0 Å². The molecule has 0 fully saturated rings. The van der Waals surface area contributed by atoms with Crippen LogP contribution in [0.2, 0.25) is 0 Å². The van der Waals surface area contributed by atoms with Gasteiger partial charge in [0.25, 0.3) is 0 Å². The highest BCUT2D eigenvalue weighted by Crippen LogP contribution is 2.34. The van der Waals surface area contributed by atoms with Crippen molar-refractivity contribution in [1.82, 2.24) is 0 Å². The Morgan fingerprint density at radius 2 is 1.19 bits per heavy atom. The predicted octanol–water partition coefficient (Wildman–Crippen LogP) is 6.40. The van der Waals surface area contributed by atoms with Gasteiger partial charge in [-0.1, -0.05) is 47.8 Å². The summed E-state index contributed by atoms with van der Waals surface area (Å²) in [5.74, 6) is 2.14. The molecule has 1 heterocycles. The van der Waals surface area contributed by atoms with Crippen LogP contribution in [0.4, 0.5) is 0 Å². The molecule has 0 aromatic heterocycles. The lowest BCUT2D eigenvalue weighted by Crippen LogP contribution is -2.38. The van der Waals surface area contributed by atoms with Gasteiger partial charge in [-0.3, -0.25) is 0 Å². The molecule has 3 aromatic rings. The highest BCUT2D eigenvalue weighted by atomic mass is 79.9. The summed E-state index contributed by atoms with van der Waals surface area (Å²) >= 11 is 10.5. The minimum atomic E-state index is -0.892. The largest absolute Gasteiger partial charge is 0.864 e. The van der Waals surface area contributed by atoms with Crippen LogP contribution in [0.3, 0.4) is 0 Å². The molecule has 0 spiro atoms. The first-order valence-corrected chi connectivity index (χ1v) is 10.3. The predicted molar refractivity (Wildman–Crippen MR) is 113 cm³/mol. The third kappa shape index (κ3) is 4.10. The maximum atomic E-state index is 6.02. The summed E-state index contributed by atoms with van der Waals surface area (Å²) in [6, 6.07) is 19.4. The summed E-state index contributed by atoms with van der Waals surface area (Å²) in [7, 11) is -0.892. The number of halogens is 3.